The molecule has 1 aliphatic heterocycles. The molecule has 3 aromatic rings. The van der Waals surface area contributed by atoms with Crippen molar-refractivity contribution in [2.45, 2.75) is 44.1 Å². The van der Waals surface area contributed by atoms with Gasteiger partial charge in [0.2, 0.25) is 0 Å². The van der Waals surface area contributed by atoms with E-state index in [4.69, 9.17) is 18.6 Å². The van der Waals surface area contributed by atoms with Gasteiger partial charge in [-0.1, -0.05) is 68.5 Å². The van der Waals surface area contributed by atoms with Crippen LogP contribution in [0, 0.1) is 5.92 Å². The maximum absolute atomic E-state index is 12.9. The summed E-state index contributed by atoms with van der Waals surface area (Å²) in [6.45, 7) is 4.23. The van der Waals surface area contributed by atoms with Gasteiger partial charge in [-0.05, 0) is 41.2 Å². The van der Waals surface area contributed by atoms with Gasteiger partial charge in [0.25, 0.3) is 0 Å². The summed E-state index contributed by atoms with van der Waals surface area (Å²) in [5.74, 6) is -0.160. The molecule has 1 fully saturated rings. The molecule has 2 aromatic carbocycles. The predicted octanol–water partition coefficient (Wildman–Crippen LogP) is 5.81. The molecule has 4 atom stereocenters. The molecule has 0 saturated heterocycles. The van der Waals surface area contributed by atoms with Crippen LogP contribution in [0.4, 0.5) is 0 Å². The van der Waals surface area contributed by atoms with Gasteiger partial charge in [0.15, 0.2) is 5.60 Å². The van der Waals surface area contributed by atoms with E-state index in [0.717, 1.165) is 24.0 Å². The Bertz CT molecular complexity index is 1430. The third kappa shape index (κ3) is 4.44. The van der Waals surface area contributed by atoms with Gasteiger partial charge in [-0.15, -0.1) is 0 Å². The normalized spacial score (nSPS) is 24.3. The Hall–Kier alpha value is -4.06. The molecule has 6 nitrogen and oxygen atoms in total. The number of methoxy groups -OCH3 is 2. The topological polar surface area (TPSA) is 75.0 Å². The fourth-order valence-electron chi connectivity index (χ4n) is 5.79. The van der Waals surface area contributed by atoms with Crippen LogP contribution in [-0.2, 0) is 27.1 Å². The summed E-state index contributed by atoms with van der Waals surface area (Å²) in [4.78, 5) is 25.4. The van der Waals surface area contributed by atoms with E-state index in [1.54, 1.807) is 13.2 Å². The lowest BCUT2D eigenvalue weighted by Crippen LogP contribution is -2.63. The van der Waals surface area contributed by atoms with Crippen molar-refractivity contribution in [3.8, 4) is 5.75 Å². The van der Waals surface area contributed by atoms with E-state index in [2.05, 4.69) is 50.2 Å². The maximum atomic E-state index is 12.9. The van der Waals surface area contributed by atoms with Crippen LogP contribution in [-0.4, -0.2) is 25.8 Å². The summed E-state index contributed by atoms with van der Waals surface area (Å²) >= 11 is 0. The van der Waals surface area contributed by atoms with Crippen LogP contribution in [0.3, 0.4) is 0 Å². The fraction of sp³-hybridized carbons (Fsp3) is 0.312. The Balaban J connectivity index is 1.69. The largest absolute Gasteiger partial charge is 0.500 e. The van der Waals surface area contributed by atoms with Crippen molar-refractivity contribution in [1.82, 2.24) is 0 Å². The van der Waals surface area contributed by atoms with E-state index in [0.29, 0.717) is 17.3 Å². The van der Waals surface area contributed by atoms with Crippen LogP contribution < -0.4 is 10.4 Å². The van der Waals surface area contributed by atoms with Gasteiger partial charge in [-0.3, -0.25) is 0 Å². The highest BCUT2D eigenvalue weighted by molar-refractivity contribution is 5.85. The van der Waals surface area contributed by atoms with Gasteiger partial charge in [0.05, 0.1) is 38.2 Å². The van der Waals surface area contributed by atoms with E-state index >= 15 is 0 Å². The van der Waals surface area contributed by atoms with Crippen molar-refractivity contribution in [1.29, 1.82) is 0 Å². The quantitative estimate of drug-likeness (QED) is 0.355. The number of carbonyl (C=O) groups is 1. The SMILES string of the molecule is CCc1ccc(/C=C/C23OC(=O)C=C(OC)C2C(c2ccc(CC)cc2)C3c2cc(OC)cc(=O)o2)cc1. The van der Waals surface area contributed by atoms with Crippen molar-refractivity contribution in [3.05, 3.63) is 117 Å². The standard InChI is InChI=1S/C32H32O6/c1-5-20-7-9-22(10-8-20)15-16-32-30(25(36-4)19-28(34)38-32)29(23-13-11-21(6-2)12-14-23)31(32)26-17-24(35-3)18-27(33)37-26/h7-19,29-31H,5-6H2,1-4H3/b16-15+. The molecule has 1 saturated carbocycles. The second-order valence-corrected chi connectivity index (χ2v) is 9.75. The number of fused-ring (bicyclic) bond motifs is 1. The lowest BCUT2D eigenvalue weighted by molar-refractivity contribution is -0.182. The summed E-state index contributed by atoms with van der Waals surface area (Å²) in [5, 5.41) is 0. The highest BCUT2D eigenvalue weighted by atomic mass is 16.6. The maximum Gasteiger partial charge on any atom is 0.339 e. The second kappa shape index (κ2) is 10.4. The molecule has 0 spiro atoms. The molecule has 1 aromatic heterocycles. The Morgan fingerprint density at radius 1 is 0.868 bits per heavy atom. The number of rotatable bonds is 8. The first-order valence-corrected chi connectivity index (χ1v) is 13.0. The zero-order valence-corrected chi connectivity index (χ0v) is 22.1. The number of aryl methyl sites for hydroxylation is 2. The minimum atomic E-state index is -1.13. The van der Waals surface area contributed by atoms with Crippen molar-refractivity contribution in [2.24, 2.45) is 5.92 Å². The third-order valence-electron chi connectivity index (χ3n) is 7.77. The Kier molecular flexibility index (Phi) is 6.98. The first kappa shape index (κ1) is 25.6. The van der Waals surface area contributed by atoms with Crippen molar-refractivity contribution in [3.63, 3.8) is 0 Å². The van der Waals surface area contributed by atoms with Gasteiger partial charge in [0.1, 0.15) is 17.3 Å². The van der Waals surface area contributed by atoms with E-state index in [9.17, 15) is 9.59 Å². The second-order valence-electron chi connectivity index (χ2n) is 9.75. The Labute approximate surface area is 222 Å². The molecule has 0 amide bonds. The summed E-state index contributed by atoms with van der Waals surface area (Å²) in [5.41, 5.74) is 2.82. The van der Waals surface area contributed by atoms with Gasteiger partial charge in [-0.2, -0.15) is 0 Å². The Morgan fingerprint density at radius 3 is 2.13 bits per heavy atom. The highest BCUT2D eigenvalue weighted by Gasteiger charge is 2.68. The molecule has 5 rings (SSSR count). The van der Waals surface area contributed by atoms with Crippen molar-refractivity contribution in [2.75, 3.05) is 14.2 Å². The number of ether oxygens (including phenoxy) is 3. The first-order chi connectivity index (χ1) is 18.4. The molecule has 0 bridgehead atoms. The highest BCUT2D eigenvalue weighted by Crippen LogP contribution is 2.66. The van der Waals surface area contributed by atoms with E-state index < -0.39 is 23.1 Å². The molecule has 0 N–H and O–H groups in total. The molecule has 6 heteroatoms. The zero-order chi connectivity index (χ0) is 26.9. The van der Waals surface area contributed by atoms with Gasteiger partial charge in [0, 0.05) is 12.0 Å². The molecule has 1 aliphatic carbocycles. The van der Waals surface area contributed by atoms with Crippen molar-refractivity contribution >= 4 is 12.0 Å². The third-order valence-corrected chi connectivity index (χ3v) is 7.77. The first-order valence-electron chi connectivity index (χ1n) is 13.0. The average Bonchev–Trinajstić information content (AvgIpc) is 2.93. The lowest BCUT2D eigenvalue weighted by atomic mass is 9.49. The summed E-state index contributed by atoms with van der Waals surface area (Å²) in [6.07, 6.45) is 7.17. The summed E-state index contributed by atoms with van der Waals surface area (Å²) < 4.78 is 23.1. The molecular formula is C32H32O6. The molecule has 2 aliphatic rings. The number of esters is 1. The minimum Gasteiger partial charge on any atom is -0.500 e. The van der Waals surface area contributed by atoms with E-state index in [1.807, 2.05) is 24.3 Å². The smallest absolute Gasteiger partial charge is 0.339 e. The number of carbonyl (C=O) groups excluding carboxylic acids is 1. The molecule has 4 unspecified atom stereocenters. The van der Waals surface area contributed by atoms with Crippen LogP contribution in [0.5, 0.6) is 5.75 Å². The predicted molar refractivity (Wildman–Crippen MR) is 145 cm³/mol. The lowest BCUT2D eigenvalue weighted by Gasteiger charge is -2.59. The molecule has 196 valence electrons. The van der Waals surface area contributed by atoms with Gasteiger partial charge >= 0.3 is 11.6 Å². The summed E-state index contributed by atoms with van der Waals surface area (Å²) in [6, 6.07) is 19.6. The van der Waals surface area contributed by atoms with Gasteiger partial charge in [-0.25, -0.2) is 9.59 Å². The monoisotopic (exact) mass is 512 g/mol. The fourth-order valence-corrected chi connectivity index (χ4v) is 5.79. The average molecular weight is 513 g/mol. The van der Waals surface area contributed by atoms with Crippen LogP contribution in [0.25, 0.3) is 6.08 Å². The van der Waals surface area contributed by atoms with E-state index in [1.165, 1.54) is 30.4 Å². The molecule has 38 heavy (non-hydrogen) atoms. The van der Waals surface area contributed by atoms with Crippen LogP contribution in [0.2, 0.25) is 0 Å². The van der Waals surface area contributed by atoms with Crippen LogP contribution in [0.1, 0.15) is 53.7 Å². The van der Waals surface area contributed by atoms with Crippen LogP contribution in [0.15, 0.2) is 87.8 Å². The Morgan fingerprint density at radius 2 is 1.53 bits per heavy atom. The molecule has 2 heterocycles. The minimum absolute atomic E-state index is 0.178. The number of benzene rings is 2. The van der Waals surface area contributed by atoms with Crippen molar-refractivity contribution < 1.29 is 23.4 Å². The van der Waals surface area contributed by atoms with E-state index in [-0.39, 0.29) is 11.8 Å². The zero-order valence-electron chi connectivity index (χ0n) is 22.1. The molecule has 0 radical (unpaired) electrons. The number of hydrogen-bond acceptors (Lipinski definition) is 6. The number of hydrogen-bond donors (Lipinski definition) is 0. The van der Waals surface area contributed by atoms with Crippen LogP contribution >= 0.6 is 0 Å². The molecular weight excluding hydrogens is 480 g/mol. The van der Waals surface area contributed by atoms with Gasteiger partial charge < -0.3 is 18.6 Å². The summed E-state index contributed by atoms with van der Waals surface area (Å²) in [7, 11) is 3.07.